The van der Waals surface area contributed by atoms with Gasteiger partial charge in [0.2, 0.25) is 0 Å². The molecule has 0 aliphatic heterocycles. The molecule has 1 amide bonds. The third-order valence-electron chi connectivity index (χ3n) is 1.02. The van der Waals surface area contributed by atoms with Gasteiger partial charge in [-0.15, -0.1) is 4.28 Å². The summed E-state index contributed by atoms with van der Waals surface area (Å²) in [6.45, 7) is 6.00. The molecule has 0 rings (SSSR count). The standard InChI is InChI=1S/C6H11NO4S/c1-4-6(8)7-11-12(9,10)5(2)3/h4-5H,1H2,2-3H3,(H,7,8). The predicted octanol–water partition coefficient (Wildman–Crippen LogP) is -0.0416. The average Bonchev–Trinajstić information content (AvgIpc) is 2.00. The molecule has 0 unspecified atom stereocenters. The number of amides is 1. The lowest BCUT2D eigenvalue weighted by atomic mass is 10.6. The third kappa shape index (κ3) is 3.49. The van der Waals surface area contributed by atoms with Crippen LogP contribution in [0.1, 0.15) is 13.8 Å². The van der Waals surface area contributed by atoms with Gasteiger partial charge in [-0.1, -0.05) is 6.58 Å². The van der Waals surface area contributed by atoms with Gasteiger partial charge in [-0.3, -0.25) is 4.79 Å². The molecule has 0 spiro atoms. The van der Waals surface area contributed by atoms with Crippen molar-refractivity contribution in [1.29, 1.82) is 0 Å². The molecule has 0 heterocycles. The Labute approximate surface area is 71.5 Å². The van der Waals surface area contributed by atoms with Gasteiger partial charge in [-0.2, -0.15) is 8.42 Å². The van der Waals surface area contributed by atoms with E-state index in [9.17, 15) is 13.2 Å². The van der Waals surface area contributed by atoms with E-state index in [-0.39, 0.29) is 0 Å². The van der Waals surface area contributed by atoms with Crippen LogP contribution in [0.3, 0.4) is 0 Å². The molecule has 70 valence electrons. The van der Waals surface area contributed by atoms with E-state index in [1.165, 1.54) is 13.8 Å². The van der Waals surface area contributed by atoms with Gasteiger partial charge in [0.15, 0.2) is 0 Å². The van der Waals surface area contributed by atoms with Crippen molar-refractivity contribution in [3.8, 4) is 0 Å². The smallest absolute Gasteiger partial charge is 0.268 e. The van der Waals surface area contributed by atoms with Crippen molar-refractivity contribution >= 4 is 16.0 Å². The van der Waals surface area contributed by atoms with Crippen molar-refractivity contribution in [2.75, 3.05) is 0 Å². The van der Waals surface area contributed by atoms with E-state index in [4.69, 9.17) is 0 Å². The lowest BCUT2D eigenvalue weighted by Crippen LogP contribution is -2.29. The summed E-state index contributed by atoms with van der Waals surface area (Å²) in [4.78, 5) is 10.5. The quantitative estimate of drug-likeness (QED) is 0.502. The van der Waals surface area contributed by atoms with E-state index in [0.29, 0.717) is 0 Å². The van der Waals surface area contributed by atoms with Crippen molar-refractivity contribution in [3.05, 3.63) is 12.7 Å². The molecule has 0 radical (unpaired) electrons. The van der Waals surface area contributed by atoms with Crippen LogP contribution in [0, 0.1) is 0 Å². The van der Waals surface area contributed by atoms with Gasteiger partial charge < -0.3 is 0 Å². The Morgan fingerprint density at radius 2 is 2.08 bits per heavy atom. The minimum absolute atomic E-state index is 0.692. The molecular weight excluding hydrogens is 182 g/mol. The highest BCUT2D eigenvalue weighted by Crippen LogP contribution is 1.99. The molecule has 0 bridgehead atoms. The maximum absolute atomic E-state index is 10.9. The van der Waals surface area contributed by atoms with E-state index < -0.39 is 21.3 Å². The van der Waals surface area contributed by atoms with Crippen LogP contribution in [0.5, 0.6) is 0 Å². The molecule has 0 atom stereocenters. The van der Waals surface area contributed by atoms with E-state index in [0.717, 1.165) is 6.08 Å². The molecule has 1 N–H and O–H groups in total. The second-order valence-corrected chi connectivity index (χ2v) is 4.39. The molecule has 5 nitrogen and oxygen atoms in total. The third-order valence-corrected chi connectivity index (χ3v) is 2.49. The van der Waals surface area contributed by atoms with Crippen LogP contribution < -0.4 is 5.48 Å². The van der Waals surface area contributed by atoms with Gasteiger partial charge in [0.05, 0.1) is 5.25 Å². The molecular formula is C6H11NO4S. The van der Waals surface area contributed by atoms with E-state index in [1.54, 1.807) is 5.48 Å². The summed E-state index contributed by atoms with van der Waals surface area (Å²) >= 11 is 0. The lowest BCUT2D eigenvalue weighted by molar-refractivity contribution is -0.122. The summed E-state index contributed by atoms with van der Waals surface area (Å²) in [7, 11) is -3.68. The minimum atomic E-state index is -3.68. The average molecular weight is 193 g/mol. The van der Waals surface area contributed by atoms with Crippen molar-refractivity contribution in [2.45, 2.75) is 19.1 Å². The Kier molecular flexibility index (Phi) is 3.91. The van der Waals surface area contributed by atoms with E-state index >= 15 is 0 Å². The van der Waals surface area contributed by atoms with Crippen molar-refractivity contribution in [2.24, 2.45) is 0 Å². The van der Waals surface area contributed by atoms with Crippen LogP contribution in [0.4, 0.5) is 0 Å². The fourth-order valence-corrected chi connectivity index (χ4v) is 0.628. The second kappa shape index (κ2) is 4.22. The molecule has 0 aromatic carbocycles. The maximum atomic E-state index is 10.9. The summed E-state index contributed by atoms with van der Waals surface area (Å²) in [5, 5.41) is -0.692. The van der Waals surface area contributed by atoms with E-state index in [1.807, 2.05) is 0 Å². The first-order chi connectivity index (χ1) is 5.40. The molecule has 0 aliphatic rings. The molecule has 0 aromatic rings. The highest BCUT2D eigenvalue weighted by Gasteiger charge is 2.17. The molecule has 0 aliphatic carbocycles. The number of hydrogen-bond donors (Lipinski definition) is 1. The molecule has 6 heteroatoms. The van der Waals surface area contributed by atoms with Crippen LogP contribution in [-0.2, 0) is 19.2 Å². The van der Waals surface area contributed by atoms with Crippen molar-refractivity contribution in [1.82, 2.24) is 5.48 Å². The zero-order valence-electron chi connectivity index (χ0n) is 6.90. The molecule has 0 fully saturated rings. The highest BCUT2D eigenvalue weighted by molar-refractivity contribution is 7.87. The van der Waals surface area contributed by atoms with Crippen LogP contribution in [0.15, 0.2) is 12.7 Å². The van der Waals surface area contributed by atoms with Crippen LogP contribution in [0.25, 0.3) is 0 Å². The van der Waals surface area contributed by atoms with Crippen LogP contribution in [0.2, 0.25) is 0 Å². The SMILES string of the molecule is C=CC(=O)NOS(=O)(=O)C(C)C. The highest BCUT2D eigenvalue weighted by atomic mass is 32.2. The summed E-state index contributed by atoms with van der Waals surface area (Å²) in [5.74, 6) is -0.695. The number of rotatable bonds is 4. The monoisotopic (exact) mass is 193 g/mol. The summed E-state index contributed by atoms with van der Waals surface area (Å²) in [6, 6.07) is 0. The summed E-state index contributed by atoms with van der Waals surface area (Å²) < 4.78 is 25.9. The zero-order chi connectivity index (χ0) is 9.78. The Hall–Kier alpha value is -0.880. The van der Waals surface area contributed by atoms with Gasteiger partial charge in [0.1, 0.15) is 0 Å². The fraction of sp³-hybridized carbons (Fsp3) is 0.500. The van der Waals surface area contributed by atoms with Gasteiger partial charge in [-0.25, -0.2) is 5.48 Å². The van der Waals surface area contributed by atoms with Gasteiger partial charge in [0.25, 0.3) is 16.0 Å². The van der Waals surface area contributed by atoms with Gasteiger partial charge in [-0.05, 0) is 19.9 Å². The number of carbonyl (C=O) groups is 1. The molecule has 12 heavy (non-hydrogen) atoms. The summed E-state index contributed by atoms with van der Waals surface area (Å²) in [6.07, 6.45) is 0.913. The predicted molar refractivity (Wildman–Crippen MR) is 43.5 cm³/mol. The number of nitrogens with one attached hydrogen (secondary N) is 1. The maximum Gasteiger partial charge on any atom is 0.290 e. The zero-order valence-corrected chi connectivity index (χ0v) is 7.72. The minimum Gasteiger partial charge on any atom is -0.268 e. The lowest BCUT2D eigenvalue weighted by Gasteiger charge is -2.06. The molecule has 0 saturated carbocycles. The largest absolute Gasteiger partial charge is 0.290 e. The first kappa shape index (κ1) is 11.1. The Morgan fingerprint density at radius 1 is 1.58 bits per heavy atom. The Morgan fingerprint density at radius 3 is 2.42 bits per heavy atom. The molecule has 0 saturated heterocycles. The molecule has 0 aromatic heterocycles. The fourth-order valence-electron chi connectivity index (χ4n) is 0.237. The Bertz CT molecular complexity index is 267. The van der Waals surface area contributed by atoms with Gasteiger partial charge >= 0.3 is 0 Å². The van der Waals surface area contributed by atoms with Crippen LogP contribution >= 0.6 is 0 Å². The van der Waals surface area contributed by atoms with Crippen LogP contribution in [-0.4, -0.2) is 19.6 Å². The van der Waals surface area contributed by atoms with Crippen molar-refractivity contribution < 1.29 is 17.5 Å². The second-order valence-electron chi connectivity index (χ2n) is 2.30. The van der Waals surface area contributed by atoms with Gasteiger partial charge in [0, 0.05) is 0 Å². The summed E-state index contributed by atoms with van der Waals surface area (Å²) in [5.41, 5.74) is 1.71. The topological polar surface area (TPSA) is 72.5 Å². The number of hydroxylamine groups is 1. The number of carbonyl (C=O) groups excluding carboxylic acids is 1. The van der Waals surface area contributed by atoms with E-state index in [2.05, 4.69) is 10.9 Å². The first-order valence-electron chi connectivity index (χ1n) is 3.25. The normalized spacial score (nSPS) is 11.2. The van der Waals surface area contributed by atoms with Crippen molar-refractivity contribution in [3.63, 3.8) is 0 Å². The Balaban J connectivity index is 4.11. The number of hydrogen-bond acceptors (Lipinski definition) is 4. The first-order valence-corrected chi connectivity index (χ1v) is 4.72.